The molecule has 0 unspecified atom stereocenters. The average molecular weight is 599 g/mol. The predicted octanol–water partition coefficient (Wildman–Crippen LogP) is 5.13. The van der Waals surface area contributed by atoms with Crippen LogP contribution in [0.2, 0.25) is 0 Å². The lowest BCUT2D eigenvalue weighted by molar-refractivity contribution is 0.0997. The number of hydrogen-bond donors (Lipinski definition) is 4. The molecular formula is C34H32F2N4O4. The van der Waals surface area contributed by atoms with E-state index in [2.05, 4.69) is 16.0 Å². The highest BCUT2D eigenvalue weighted by atomic mass is 19.2. The second-order valence-electron chi connectivity index (χ2n) is 10.9. The van der Waals surface area contributed by atoms with Gasteiger partial charge in [-0.25, -0.2) is 8.78 Å². The van der Waals surface area contributed by atoms with Gasteiger partial charge in [-0.1, -0.05) is 18.2 Å². The molecule has 0 aromatic heterocycles. The molecule has 2 heterocycles. The molecule has 8 nitrogen and oxygen atoms in total. The fourth-order valence-corrected chi connectivity index (χ4v) is 5.46. The molecule has 4 aromatic carbocycles. The van der Waals surface area contributed by atoms with Gasteiger partial charge in [-0.15, -0.1) is 0 Å². The number of carbonyl (C=O) groups is 2. The Balaban J connectivity index is 1.32. The zero-order valence-corrected chi connectivity index (χ0v) is 23.9. The van der Waals surface area contributed by atoms with Crippen molar-refractivity contribution in [2.24, 2.45) is 5.73 Å². The number of ether oxygens (including phenoxy) is 2. The standard InChI is InChI=1S/C34H32F2N4O4/c35-29-7-4-21(16-30(29)36)27-15-23(5-8-31(27)43-25-10-12-38-18-25)34(42)40-24-6-9-32(44-26-11-13-39-19-26)28(17-24)20-2-1-3-22(14-20)33(37)41/h1-9,14-17,25-26,38-39H,10-13,18-19H2,(H2,37,41)(H,40,42)/t25-,26-/m0/s1. The third-order valence-corrected chi connectivity index (χ3v) is 7.79. The first-order chi connectivity index (χ1) is 21.3. The summed E-state index contributed by atoms with van der Waals surface area (Å²) in [6.45, 7) is 3.07. The normalized spacial score (nSPS) is 17.8. The Kier molecular flexibility index (Phi) is 8.53. The van der Waals surface area contributed by atoms with Crippen LogP contribution in [-0.4, -0.2) is 50.2 Å². The van der Waals surface area contributed by atoms with Gasteiger partial charge < -0.3 is 31.2 Å². The number of benzene rings is 4. The number of rotatable bonds is 9. The predicted molar refractivity (Wildman–Crippen MR) is 164 cm³/mol. The van der Waals surface area contributed by atoms with Crippen LogP contribution in [0.4, 0.5) is 14.5 Å². The molecule has 10 heteroatoms. The van der Waals surface area contributed by atoms with E-state index in [-0.39, 0.29) is 12.2 Å². The molecule has 226 valence electrons. The zero-order chi connectivity index (χ0) is 30.6. The first-order valence-electron chi connectivity index (χ1n) is 14.5. The summed E-state index contributed by atoms with van der Waals surface area (Å²) >= 11 is 0. The molecular weight excluding hydrogens is 566 g/mol. The van der Waals surface area contributed by atoms with E-state index >= 15 is 0 Å². The minimum Gasteiger partial charge on any atom is -0.488 e. The number of halogens is 2. The maximum absolute atomic E-state index is 14.2. The minimum atomic E-state index is -0.991. The van der Waals surface area contributed by atoms with Gasteiger partial charge in [-0.3, -0.25) is 9.59 Å². The summed E-state index contributed by atoms with van der Waals surface area (Å²) in [6, 6.07) is 20.8. The van der Waals surface area contributed by atoms with Crippen molar-refractivity contribution in [2.45, 2.75) is 25.0 Å². The molecule has 2 saturated heterocycles. The van der Waals surface area contributed by atoms with Crippen molar-refractivity contribution >= 4 is 17.5 Å². The van der Waals surface area contributed by atoms with E-state index < -0.39 is 23.4 Å². The van der Waals surface area contributed by atoms with Gasteiger partial charge in [0, 0.05) is 41.0 Å². The summed E-state index contributed by atoms with van der Waals surface area (Å²) in [4.78, 5) is 25.4. The van der Waals surface area contributed by atoms with Crippen LogP contribution in [0.1, 0.15) is 33.6 Å². The van der Waals surface area contributed by atoms with Gasteiger partial charge >= 0.3 is 0 Å². The summed E-state index contributed by atoms with van der Waals surface area (Å²) in [5.41, 5.74) is 8.94. The van der Waals surface area contributed by atoms with Crippen molar-refractivity contribution in [3.63, 3.8) is 0 Å². The van der Waals surface area contributed by atoms with Crippen LogP contribution >= 0.6 is 0 Å². The van der Waals surface area contributed by atoms with Crippen LogP contribution in [0.15, 0.2) is 78.9 Å². The lowest BCUT2D eigenvalue weighted by atomic mass is 10.00. The maximum Gasteiger partial charge on any atom is 0.255 e. The van der Waals surface area contributed by atoms with E-state index in [4.69, 9.17) is 15.2 Å². The van der Waals surface area contributed by atoms with Gasteiger partial charge in [0.15, 0.2) is 11.6 Å². The largest absolute Gasteiger partial charge is 0.488 e. The Labute approximate surface area is 253 Å². The van der Waals surface area contributed by atoms with Crippen LogP contribution in [0.5, 0.6) is 11.5 Å². The molecule has 2 aliphatic heterocycles. The van der Waals surface area contributed by atoms with Crippen molar-refractivity contribution < 1.29 is 27.8 Å². The second kappa shape index (κ2) is 12.8. The van der Waals surface area contributed by atoms with Crippen molar-refractivity contribution in [3.05, 3.63) is 102 Å². The van der Waals surface area contributed by atoms with Crippen LogP contribution in [-0.2, 0) is 0 Å². The van der Waals surface area contributed by atoms with Gasteiger partial charge in [0.25, 0.3) is 5.91 Å². The van der Waals surface area contributed by atoms with E-state index in [0.717, 1.165) is 44.6 Å². The molecule has 5 N–H and O–H groups in total. The van der Waals surface area contributed by atoms with Gasteiger partial charge in [-0.2, -0.15) is 0 Å². The smallest absolute Gasteiger partial charge is 0.255 e. The maximum atomic E-state index is 14.2. The molecule has 6 rings (SSSR count). The highest BCUT2D eigenvalue weighted by Crippen LogP contribution is 2.36. The number of nitrogens with one attached hydrogen (secondary N) is 3. The van der Waals surface area contributed by atoms with Gasteiger partial charge in [-0.05, 0) is 97.7 Å². The van der Waals surface area contributed by atoms with E-state index in [0.29, 0.717) is 57.1 Å². The van der Waals surface area contributed by atoms with Crippen LogP contribution in [0.25, 0.3) is 22.3 Å². The first kappa shape index (κ1) is 29.3. The summed E-state index contributed by atoms with van der Waals surface area (Å²) in [7, 11) is 0. The first-order valence-corrected chi connectivity index (χ1v) is 14.5. The lowest BCUT2D eigenvalue weighted by Crippen LogP contribution is -2.20. The molecule has 44 heavy (non-hydrogen) atoms. The van der Waals surface area contributed by atoms with E-state index in [1.807, 2.05) is 6.07 Å². The van der Waals surface area contributed by atoms with Crippen molar-refractivity contribution in [1.29, 1.82) is 0 Å². The number of nitrogens with two attached hydrogens (primary N) is 1. The molecule has 4 aromatic rings. The minimum absolute atomic E-state index is 0.0102. The second-order valence-corrected chi connectivity index (χ2v) is 10.9. The average Bonchev–Trinajstić information content (AvgIpc) is 3.74. The molecule has 2 fully saturated rings. The van der Waals surface area contributed by atoms with E-state index in [1.165, 1.54) is 6.07 Å². The Morgan fingerprint density at radius 2 is 1.39 bits per heavy atom. The van der Waals surface area contributed by atoms with Crippen molar-refractivity contribution in [2.75, 3.05) is 31.5 Å². The number of amides is 2. The fourth-order valence-electron chi connectivity index (χ4n) is 5.46. The van der Waals surface area contributed by atoms with Gasteiger partial charge in [0.05, 0.1) is 0 Å². The van der Waals surface area contributed by atoms with Gasteiger partial charge in [0.2, 0.25) is 5.91 Å². The third-order valence-electron chi connectivity index (χ3n) is 7.79. The molecule has 0 aliphatic carbocycles. The summed E-state index contributed by atoms with van der Waals surface area (Å²) in [6.07, 6.45) is 1.58. The molecule has 0 saturated carbocycles. The Morgan fingerprint density at radius 1 is 0.727 bits per heavy atom. The molecule has 2 amide bonds. The lowest BCUT2D eigenvalue weighted by Gasteiger charge is -2.19. The van der Waals surface area contributed by atoms with Crippen LogP contribution in [0, 0.1) is 11.6 Å². The van der Waals surface area contributed by atoms with E-state index in [1.54, 1.807) is 54.6 Å². The SMILES string of the molecule is NC(=O)c1cccc(-c2cc(NC(=O)c3ccc(O[C@H]4CCNC4)c(-c4ccc(F)c(F)c4)c3)ccc2O[C@H]2CCNC2)c1. The summed E-state index contributed by atoms with van der Waals surface area (Å²) in [5.74, 6) is -1.82. The number of hydrogen-bond acceptors (Lipinski definition) is 6. The number of primary amides is 1. The number of anilines is 1. The van der Waals surface area contributed by atoms with E-state index in [9.17, 15) is 18.4 Å². The highest BCUT2D eigenvalue weighted by Gasteiger charge is 2.22. The third kappa shape index (κ3) is 6.56. The van der Waals surface area contributed by atoms with Crippen LogP contribution < -0.4 is 31.2 Å². The molecule has 0 bridgehead atoms. The Bertz CT molecular complexity index is 1700. The number of carbonyl (C=O) groups excluding carboxylic acids is 2. The fraction of sp³-hybridized carbons (Fsp3) is 0.235. The topological polar surface area (TPSA) is 115 Å². The highest BCUT2D eigenvalue weighted by molar-refractivity contribution is 6.05. The molecule has 2 aliphatic rings. The monoisotopic (exact) mass is 598 g/mol. The zero-order valence-electron chi connectivity index (χ0n) is 23.9. The van der Waals surface area contributed by atoms with Crippen LogP contribution in [0.3, 0.4) is 0 Å². The van der Waals surface area contributed by atoms with Gasteiger partial charge in [0.1, 0.15) is 23.7 Å². The Hall–Kier alpha value is -4.80. The summed E-state index contributed by atoms with van der Waals surface area (Å²) in [5, 5.41) is 9.46. The molecule has 2 atom stereocenters. The van der Waals surface area contributed by atoms with Crippen molar-refractivity contribution in [3.8, 4) is 33.8 Å². The molecule has 0 radical (unpaired) electrons. The quantitative estimate of drug-likeness (QED) is 0.212. The Morgan fingerprint density at radius 3 is 2.02 bits per heavy atom. The summed E-state index contributed by atoms with van der Waals surface area (Å²) < 4.78 is 40.4. The molecule has 0 spiro atoms. The van der Waals surface area contributed by atoms with Crippen molar-refractivity contribution in [1.82, 2.24) is 10.6 Å².